The summed E-state index contributed by atoms with van der Waals surface area (Å²) >= 11 is 0. The highest BCUT2D eigenvalue weighted by Crippen LogP contribution is 2.13. The highest BCUT2D eigenvalue weighted by Gasteiger charge is 2.16. The minimum absolute atomic E-state index is 0.0625. The summed E-state index contributed by atoms with van der Waals surface area (Å²) in [5.74, 6) is -0.484. The summed E-state index contributed by atoms with van der Waals surface area (Å²) in [6.45, 7) is 6.01. The summed E-state index contributed by atoms with van der Waals surface area (Å²) < 4.78 is 5.22. The van der Waals surface area contributed by atoms with Crippen molar-refractivity contribution >= 4 is 23.7 Å². The Morgan fingerprint density at radius 1 is 0.914 bits per heavy atom. The van der Waals surface area contributed by atoms with Crippen LogP contribution in [-0.4, -0.2) is 38.5 Å². The van der Waals surface area contributed by atoms with Crippen molar-refractivity contribution in [3.8, 4) is 0 Å². The largest absolute Gasteiger partial charge is 0.478 e. The fraction of sp³-hybridized carbons (Fsp3) is 0.269. The molecule has 182 valence electrons. The Bertz CT molecular complexity index is 1200. The van der Waals surface area contributed by atoms with Crippen molar-refractivity contribution in [1.29, 1.82) is 0 Å². The molecule has 0 saturated carbocycles. The van der Waals surface area contributed by atoms with Crippen molar-refractivity contribution in [2.45, 2.75) is 45.9 Å². The first-order chi connectivity index (χ1) is 16.6. The molecular formula is C26H28N4O5. The van der Waals surface area contributed by atoms with Gasteiger partial charge >= 0.3 is 12.1 Å². The second-order valence-electron chi connectivity index (χ2n) is 8.91. The van der Waals surface area contributed by atoms with Crippen molar-refractivity contribution in [1.82, 2.24) is 15.3 Å². The number of aromatic carboxylic acids is 1. The van der Waals surface area contributed by atoms with Crippen molar-refractivity contribution in [3.05, 3.63) is 88.9 Å². The number of alkyl carbamates (subject to hydrolysis) is 1. The third-order valence-corrected chi connectivity index (χ3v) is 4.82. The number of carbonyl (C=O) groups excluding carboxylic acids is 2. The van der Waals surface area contributed by atoms with Gasteiger partial charge < -0.3 is 20.5 Å². The van der Waals surface area contributed by atoms with Crippen molar-refractivity contribution in [2.24, 2.45) is 0 Å². The normalized spacial score (nSPS) is 10.9. The Kier molecular flexibility index (Phi) is 8.14. The predicted octanol–water partition coefficient (Wildman–Crippen LogP) is 4.24. The van der Waals surface area contributed by atoms with E-state index in [0.717, 1.165) is 11.1 Å². The minimum atomic E-state index is -1.00. The molecule has 3 rings (SSSR count). The number of rotatable bonds is 9. The highest BCUT2D eigenvalue weighted by molar-refractivity contribution is 5.97. The van der Waals surface area contributed by atoms with Gasteiger partial charge in [-0.2, -0.15) is 0 Å². The molecule has 0 unspecified atom stereocenters. The van der Waals surface area contributed by atoms with Gasteiger partial charge in [-0.3, -0.25) is 4.79 Å². The van der Waals surface area contributed by atoms with Gasteiger partial charge in [-0.1, -0.05) is 30.3 Å². The van der Waals surface area contributed by atoms with Gasteiger partial charge in [0.1, 0.15) is 17.7 Å². The molecule has 0 saturated heterocycles. The highest BCUT2D eigenvalue weighted by atomic mass is 16.6. The van der Waals surface area contributed by atoms with Crippen LogP contribution in [0.1, 0.15) is 58.3 Å². The second kappa shape index (κ2) is 11.2. The fourth-order valence-corrected chi connectivity index (χ4v) is 3.17. The van der Waals surface area contributed by atoms with Gasteiger partial charge in [0.2, 0.25) is 0 Å². The number of aromatic nitrogens is 2. The molecule has 0 fully saturated rings. The van der Waals surface area contributed by atoms with Crippen LogP contribution >= 0.6 is 0 Å². The molecule has 0 aliphatic rings. The number of nitrogens with one attached hydrogen (secondary N) is 2. The number of carboxylic acids is 1. The number of amides is 1. The maximum Gasteiger partial charge on any atom is 0.407 e. The van der Waals surface area contributed by atoms with Gasteiger partial charge in [-0.05, 0) is 50.1 Å². The van der Waals surface area contributed by atoms with Crippen molar-refractivity contribution in [3.63, 3.8) is 0 Å². The molecule has 0 bridgehead atoms. The van der Waals surface area contributed by atoms with Crippen LogP contribution in [0, 0.1) is 0 Å². The molecule has 0 atom stereocenters. The number of benzene rings is 2. The lowest BCUT2D eigenvalue weighted by atomic mass is 10.0. The topological polar surface area (TPSA) is 131 Å². The summed E-state index contributed by atoms with van der Waals surface area (Å²) in [5.41, 5.74) is 2.43. The lowest BCUT2D eigenvalue weighted by Gasteiger charge is -2.19. The molecule has 35 heavy (non-hydrogen) atoms. The lowest BCUT2D eigenvalue weighted by molar-refractivity contribution is 0.0522. The van der Waals surface area contributed by atoms with E-state index in [1.165, 1.54) is 18.5 Å². The van der Waals surface area contributed by atoms with Gasteiger partial charge in [0.05, 0.1) is 17.8 Å². The lowest BCUT2D eigenvalue weighted by Crippen LogP contribution is -2.32. The molecule has 0 aliphatic carbocycles. The van der Waals surface area contributed by atoms with Crippen LogP contribution in [-0.2, 0) is 24.2 Å². The number of hydrogen-bond donors (Lipinski definition) is 3. The summed E-state index contributed by atoms with van der Waals surface area (Å²) in [6.07, 6.45) is 1.06. The molecule has 0 spiro atoms. The zero-order valence-corrected chi connectivity index (χ0v) is 19.9. The minimum Gasteiger partial charge on any atom is -0.478 e. The second-order valence-corrected chi connectivity index (χ2v) is 8.91. The van der Waals surface area contributed by atoms with Crippen LogP contribution in [0.3, 0.4) is 0 Å². The Hall–Kier alpha value is -4.27. The SMILES string of the molecule is CC(C)(C)OC(=O)NCc1cc(NCc2cccc(C(=O)Cc3ccc(C(=O)O)cc3)c2)ncn1. The maximum absolute atomic E-state index is 12.7. The first-order valence-electron chi connectivity index (χ1n) is 11.0. The van der Waals surface area contributed by atoms with Gasteiger partial charge in [0, 0.05) is 24.6 Å². The molecule has 1 heterocycles. The van der Waals surface area contributed by atoms with E-state index in [1.807, 2.05) is 18.2 Å². The Morgan fingerprint density at radius 3 is 2.34 bits per heavy atom. The quantitative estimate of drug-likeness (QED) is 0.391. The van der Waals surface area contributed by atoms with E-state index in [1.54, 1.807) is 45.0 Å². The van der Waals surface area contributed by atoms with Gasteiger partial charge in [0.25, 0.3) is 0 Å². The van der Waals surface area contributed by atoms with Crippen molar-refractivity contribution < 1.29 is 24.2 Å². The molecular weight excluding hydrogens is 448 g/mol. The third-order valence-electron chi connectivity index (χ3n) is 4.82. The predicted molar refractivity (Wildman–Crippen MR) is 130 cm³/mol. The molecule has 0 radical (unpaired) electrons. The number of nitrogens with zero attached hydrogens (tertiary/aromatic N) is 2. The molecule has 0 aliphatic heterocycles. The van der Waals surface area contributed by atoms with E-state index in [2.05, 4.69) is 20.6 Å². The van der Waals surface area contributed by atoms with Crippen LogP contribution in [0.25, 0.3) is 0 Å². The van der Waals surface area contributed by atoms with Crippen molar-refractivity contribution in [2.75, 3.05) is 5.32 Å². The van der Waals surface area contributed by atoms with E-state index < -0.39 is 17.7 Å². The van der Waals surface area contributed by atoms with Gasteiger partial charge in [-0.25, -0.2) is 19.6 Å². The molecule has 1 aromatic heterocycles. The number of Topliss-reactive ketones (excluding diaryl/α,β-unsaturated/α-hetero) is 1. The number of hydrogen-bond acceptors (Lipinski definition) is 7. The van der Waals surface area contributed by atoms with E-state index in [4.69, 9.17) is 9.84 Å². The van der Waals surface area contributed by atoms with Crippen LogP contribution < -0.4 is 10.6 Å². The molecule has 3 aromatic rings. The number of carboxylic acid groups (broad SMARTS) is 1. The van der Waals surface area contributed by atoms with Crippen LogP contribution in [0.15, 0.2) is 60.9 Å². The molecule has 9 nitrogen and oxygen atoms in total. The van der Waals surface area contributed by atoms with Gasteiger partial charge in [-0.15, -0.1) is 0 Å². The maximum atomic E-state index is 12.7. The summed E-state index contributed by atoms with van der Waals surface area (Å²) in [7, 11) is 0. The third kappa shape index (κ3) is 8.22. The molecule has 2 aromatic carbocycles. The fourth-order valence-electron chi connectivity index (χ4n) is 3.17. The van der Waals surface area contributed by atoms with Crippen LogP contribution in [0.4, 0.5) is 10.6 Å². The summed E-state index contributed by atoms with van der Waals surface area (Å²) in [4.78, 5) is 43.9. The Labute approximate surface area is 203 Å². The van der Waals surface area contributed by atoms with Crippen LogP contribution in [0.5, 0.6) is 0 Å². The summed E-state index contributed by atoms with van der Waals surface area (Å²) in [6, 6.07) is 15.3. The van der Waals surface area contributed by atoms with E-state index >= 15 is 0 Å². The monoisotopic (exact) mass is 476 g/mol. The number of carbonyl (C=O) groups is 3. The number of anilines is 1. The summed E-state index contributed by atoms with van der Waals surface area (Å²) in [5, 5.41) is 14.9. The first kappa shape index (κ1) is 25.4. The molecule has 3 N–H and O–H groups in total. The van der Waals surface area contributed by atoms with E-state index in [-0.39, 0.29) is 24.3 Å². The number of ketones is 1. The molecule has 9 heteroatoms. The van der Waals surface area contributed by atoms with E-state index in [0.29, 0.717) is 23.6 Å². The van der Waals surface area contributed by atoms with Gasteiger partial charge in [0.15, 0.2) is 5.78 Å². The smallest absolute Gasteiger partial charge is 0.407 e. The number of ether oxygens (including phenoxy) is 1. The zero-order valence-electron chi connectivity index (χ0n) is 19.9. The van der Waals surface area contributed by atoms with Crippen LogP contribution in [0.2, 0.25) is 0 Å². The first-order valence-corrected chi connectivity index (χ1v) is 11.0. The average Bonchev–Trinajstić information content (AvgIpc) is 2.81. The molecule has 1 amide bonds. The Morgan fingerprint density at radius 2 is 1.66 bits per heavy atom. The zero-order chi connectivity index (χ0) is 25.4. The van der Waals surface area contributed by atoms with E-state index in [9.17, 15) is 14.4 Å². The average molecular weight is 477 g/mol. The Balaban J connectivity index is 1.56. The standard InChI is InChI=1S/C26H28N4O5/c1-26(2,3)35-25(34)28-15-21-13-23(30-16-29-21)27-14-18-5-4-6-20(11-18)22(31)12-17-7-9-19(10-8-17)24(32)33/h4-11,13,16H,12,14-15H2,1-3H3,(H,28,34)(H,32,33)(H,27,29,30).